The number of carbonyl (C=O) groups excluding carboxylic acids is 1. The Morgan fingerprint density at radius 1 is 1.22 bits per heavy atom. The van der Waals surface area contributed by atoms with Crippen molar-refractivity contribution in [1.82, 2.24) is 10.3 Å². The number of H-pyrrole nitrogens is 1. The van der Waals surface area contributed by atoms with Gasteiger partial charge in [0.25, 0.3) is 5.91 Å². The van der Waals surface area contributed by atoms with Crippen LogP contribution in [0.4, 0.5) is 0 Å². The molecule has 3 aromatic rings. The van der Waals surface area contributed by atoms with E-state index >= 15 is 0 Å². The molecular weight excluding hydrogens is 376 g/mol. The van der Waals surface area contributed by atoms with Crippen molar-refractivity contribution < 1.29 is 4.79 Å². The molecule has 2 aromatic carbocycles. The van der Waals surface area contributed by atoms with Crippen molar-refractivity contribution in [2.75, 3.05) is 0 Å². The fourth-order valence-electron chi connectivity index (χ4n) is 2.59. The molecule has 2 N–H and O–H groups in total. The Balaban J connectivity index is 1.72. The van der Waals surface area contributed by atoms with Crippen molar-refractivity contribution >= 4 is 44.3 Å². The van der Waals surface area contributed by atoms with Crippen LogP contribution in [-0.4, -0.2) is 16.9 Å². The van der Waals surface area contributed by atoms with Gasteiger partial charge in [0.2, 0.25) is 0 Å². The smallest absolute Gasteiger partial charge is 0.269 e. The van der Waals surface area contributed by atoms with Crippen molar-refractivity contribution in [3.8, 4) is 0 Å². The number of halogens is 2. The van der Waals surface area contributed by atoms with Gasteiger partial charge in [0.15, 0.2) is 0 Å². The summed E-state index contributed by atoms with van der Waals surface area (Å²) < 4.78 is 1.04. The number of hydrogen-bond donors (Lipinski definition) is 2. The number of nitrogens with one attached hydrogen (secondary N) is 2. The molecule has 0 saturated heterocycles. The number of aromatic nitrogens is 1. The van der Waals surface area contributed by atoms with Gasteiger partial charge in [-0.1, -0.05) is 57.9 Å². The van der Waals surface area contributed by atoms with E-state index in [4.69, 9.17) is 11.6 Å². The zero-order chi connectivity index (χ0) is 16.4. The summed E-state index contributed by atoms with van der Waals surface area (Å²) in [4.78, 5) is 15.5. The molecule has 1 atom stereocenters. The minimum atomic E-state index is -0.184. The van der Waals surface area contributed by atoms with Gasteiger partial charge in [-0.15, -0.1) is 0 Å². The van der Waals surface area contributed by atoms with E-state index in [9.17, 15) is 4.79 Å². The molecule has 1 heterocycles. The lowest BCUT2D eigenvalue weighted by Crippen LogP contribution is -2.34. The van der Waals surface area contributed by atoms with E-state index in [-0.39, 0.29) is 11.9 Å². The van der Waals surface area contributed by atoms with Gasteiger partial charge in [-0.2, -0.15) is 0 Å². The fraction of sp³-hybridized carbons (Fsp3) is 0.167. The topological polar surface area (TPSA) is 44.9 Å². The van der Waals surface area contributed by atoms with Gasteiger partial charge in [0.1, 0.15) is 5.69 Å². The molecule has 0 aliphatic heterocycles. The van der Waals surface area contributed by atoms with E-state index in [1.165, 1.54) is 5.56 Å². The quantitative estimate of drug-likeness (QED) is 0.650. The van der Waals surface area contributed by atoms with E-state index < -0.39 is 0 Å². The molecule has 5 heteroatoms. The first-order chi connectivity index (χ1) is 11.0. The first-order valence-corrected chi connectivity index (χ1v) is 8.53. The third kappa shape index (κ3) is 3.59. The standard InChI is InChI=1S/C18H16BrClN2O/c1-11(10-12-6-8-13(19)9-7-12)21-18(23)17-16(20)14-4-2-3-5-15(14)22-17/h2-9,11,22H,10H2,1H3,(H,21,23). The zero-order valence-electron chi connectivity index (χ0n) is 12.6. The van der Waals surface area contributed by atoms with E-state index in [0.29, 0.717) is 10.7 Å². The molecule has 0 aliphatic carbocycles. The maximum absolute atomic E-state index is 12.5. The van der Waals surface area contributed by atoms with Crippen LogP contribution in [0.5, 0.6) is 0 Å². The van der Waals surface area contributed by atoms with Gasteiger partial charge in [-0.05, 0) is 37.1 Å². The average Bonchev–Trinajstić information content (AvgIpc) is 2.87. The number of para-hydroxylation sites is 1. The minimum Gasteiger partial charge on any atom is -0.349 e. The third-order valence-electron chi connectivity index (χ3n) is 3.70. The highest BCUT2D eigenvalue weighted by atomic mass is 79.9. The molecule has 3 nitrogen and oxygen atoms in total. The SMILES string of the molecule is CC(Cc1ccc(Br)cc1)NC(=O)c1[nH]c2ccccc2c1Cl. The van der Waals surface area contributed by atoms with E-state index in [1.807, 2.05) is 55.5 Å². The van der Waals surface area contributed by atoms with Gasteiger partial charge in [0.05, 0.1) is 5.02 Å². The van der Waals surface area contributed by atoms with Gasteiger partial charge in [-0.3, -0.25) is 4.79 Å². The Kier molecular flexibility index (Phi) is 4.74. The lowest BCUT2D eigenvalue weighted by molar-refractivity contribution is 0.0936. The second-order valence-electron chi connectivity index (χ2n) is 5.56. The van der Waals surface area contributed by atoms with Crippen molar-refractivity contribution in [2.45, 2.75) is 19.4 Å². The second kappa shape index (κ2) is 6.77. The molecule has 23 heavy (non-hydrogen) atoms. The van der Waals surface area contributed by atoms with Crippen LogP contribution < -0.4 is 5.32 Å². The maximum Gasteiger partial charge on any atom is 0.269 e. The van der Waals surface area contributed by atoms with Crippen LogP contribution in [-0.2, 0) is 6.42 Å². The summed E-state index contributed by atoms with van der Waals surface area (Å²) in [7, 11) is 0. The zero-order valence-corrected chi connectivity index (χ0v) is 14.9. The molecule has 1 unspecified atom stereocenters. The van der Waals surface area contributed by atoms with Crippen LogP contribution in [0.15, 0.2) is 53.0 Å². The molecular formula is C18H16BrClN2O. The lowest BCUT2D eigenvalue weighted by atomic mass is 10.1. The second-order valence-corrected chi connectivity index (χ2v) is 6.86. The average molecular weight is 392 g/mol. The van der Waals surface area contributed by atoms with Gasteiger partial charge in [-0.25, -0.2) is 0 Å². The number of rotatable bonds is 4. The summed E-state index contributed by atoms with van der Waals surface area (Å²) in [6.45, 7) is 1.98. The number of benzene rings is 2. The number of hydrogen-bond acceptors (Lipinski definition) is 1. The summed E-state index contributed by atoms with van der Waals surface area (Å²) in [5, 5.41) is 4.32. The number of fused-ring (bicyclic) bond motifs is 1. The van der Waals surface area contributed by atoms with Crippen LogP contribution in [0.3, 0.4) is 0 Å². The van der Waals surface area contributed by atoms with Crippen LogP contribution in [0.1, 0.15) is 23.0 Å². The predicted octanol–water partition coefficient (Wildman–Crippen LogP) is 4.94. The Bertz CT molecular complexity index is 842. The molecule has 0 spiro atoms. The van der Waals surface area contributed by atoms with Gasteiger partial charge < -0.3 is 10.3 Å². The highest BCUT2D eigenvalue weighted by Crippen LogP contribution is 2.27. The van der Waals surface area contributed by atoms with Crippen LogP contribution in [0.25, 0.3) is 10.9 Å². The Hall–Kier alpha value is -1.78. The van der Waals surface area contributed by atoms with Crippen molar-refractivity contribution in [3.05, 3.63) is 69.3 Å². The highest BCUT2D eigenvalue weighted by Gasteiger charge is 2.17. The summed E-state index contributed by atoms with van der Waals surface area (Å²) in [5.74, 6) is -0.184. The Labute approximate surface area is 148 Å². The third-order valence-corrected chi connectivity index (χ3v) is 4.62. The summed E-state index contributed by atoms with van der Waals surface area (Å²) in [6, 6.07) is 15.7. The summed E-state index contributed by atoms with van der Waals surface area (Å²) in [6.07, 6.45) is 0.761. The van der Waals surface area contributed by atoms with Gasteiger partial charge in [0, 0.05) is 21.4 Å². The molecule has 0 radical (unpaired) electrons. The molecule has 1 aromatic heterocycles. The Morgan fingerprint density at radius 3 is 2.61 bits per heavy atom. The first-order valence-electron chi connectivity index (χ1n) is 7.36. The molecule has 0 aliphatic rings. The van der Waals surface area contributed by atoms with Crippen molar-refractivity contribution in [2.24, 2.45) is 0 Å². The lowest BCUT2D eigenvalue weighted by Gasteiger charge is -2.13. The fourth-order valence-corrected chi connectivity index (χ4v) is 3.15. The minimum absolute atomic E-state index is 0.00570. The first kappa shape index (κ1) is 16.1. The molecule has 118 valence electrons. The van der Waals surface area contributed by atoms with Crippen LogP contribution >= 0.6 is 27.5 Å². The number of amides is 1. The molecule has 0 bridgehead atoms. The van der Waals surface area contributed by atoms with Crippen LogP contribution in [0, 0.1) is 0 Å². The molecule has 1 amide bonds. The molecule has 3 rings (SSSR count). The van der Waals surface area contributed by atoms with E-state index in [1.54, 1.807) is 0 Å². The largest absolute Gasteiger partial charge is 0.349 e. The van der Waals surface area contributed by atoms with Crippen LogP contribution in [0.2, 0.25) is 5.02 Å². The maximum atomic E-state index is 12.5. The summed E-state index contributed by atoms with van der Waals surface area (Å²) in [5.41, 5.74) is 2.45. The van der Waals surface area contributed by atoms with E-state index in [0.717, 1.165) is 21.8 Å². The van der Waals surface area contributed by atoms with E-state index in [2.05, 4.69) is 26.2 Å². The normalized spacial score (nSPS) is 12.3. The van der Waals surface area contributed by atoms with Crippen molar-refractivity contribution in [1.29, 1.82) is 0 Å². The number of aromatic amines is 1. The highest BCUT2D eigenvalue weighted by molar-refractivity contribution is 9.10. The van der Waals surface area contributed by atoms with Crippen molar-refractivity contribution in [3.63, 3.8) is 0 Å². The predicted molar refractivity (Wildman–Crippen MR) is 98.1 cm³/mol. The monoisotopic (exact) mass is 390 g/mol. The van der Waals surface area contributed by atoms with Gasteiger partial charge >= 0.3 is 0 Å². The molecule has 0 fully saturated rings. The summed E-state index contributed by atoms with van der Waals surface area (Å²) >= 11 is 9.73. The molecule has 0 saturated carbocycles. The number of carbonyl (C=O) groups is 1. The Morgan fingerprint density at radius 2 is 1.91 bits per heavy atom.